The van der Waals surface area contributed by atoms with Crippen LogP contribution < -0.4 is 4.90 Å². The average molecular weight is 1120 g/mol. The van der Waals surface area contributed by atoms with Crippen LogP contribution >= 0.6 is 0 Å². The molecule has 0 aliphatic heterocycles. The Labute approximate surface area is 510 Å². The van der Waals surface area contributed by atoms with E-state index in [4.69, 9.17) is 0 Å². The maximum Gasteiger partial charge on any atom is 0.0544 e. The van der Waals surface area contributed by atoms with Crippen LogP contribution in [0.25, 0.3) is 143 Å². The Balaban J connectivity index is 0.885. The lowest BCUT2D eigenvalue weighted by molar-refractivity contribution is 0.673. The van der Waals surface area contributed by atoms with Gasteiger partial charge in [0.25, 0.3) is 0 Å². The lowest BCUT2D eigenvalue weighted by atomic mass is 9.77. The summed E-state index contributed by atoms with van der Waals surface area (Å²) in [7, 11) is 0. The highest BCUT2D eigenvalue weighted by atomic mass is 15.1. The van der Waals surface area contributed by atoms with Gasteiger partial charge in [-0.05, 0) is 190 Å². The van der Waals surface area contributed by atoms with Crippen LogP contribution in [-0.4, -0.2) is 9.13 Å². The molecule has 0 spiro atoms. The van der Waals surface area contributed by atoms with E-state index in [1.807, 2.05) is 0 Å². The van der Waals surface area contributed by atoms with Crippen molar-refractivity contribution in [1.29, 1.82) is 0 Å². The standard InChI is InChI=1S/C85H57N3/c1-85(2)83-72(44-43-71-68-32-15-14-30-66(68)67-31-16-17-34-70(67)81(71)83)73-45-48-80-82(84(73)85)75-53-63(41-47-79(75)88(80)64-42-46-78-74(52-64)69-33-18-19-35-77(69)87(78)61-27-10-5-11-28-61)86(76-36-20-26-57-25-12-13-29-65(57)76)62-39-37-56(38-40-62)60-50-58(54-21-6-3-7-22-54)49-59(51-60)55-23-8-4-9-24-55/h3-53H,1-2H3. The lowest BCUT2D eigenvalue weighted by Gasteiger charge is -2.27. The molecule has 3 heteroatoms. The Bertz CT molecular complexity index is 5600. The topological polar surface area (TPSA) is 13.1 Å². The van der Waals surface area contributed by atoms with Gasteiger partial charge in [-0.25, -0.2) is 0 Å². The van der Waals surface area contributed by atoms with Crippen molar-refractivity contribution in [3.8, 4) is 55.9 Å². The maximum atomic E-state index is 2.55. The van der Waals surface area contributed by atoms with Crippen molar-refractivity contribution in [1.82, 2.24) is 9.13 Å². The normalized spacial score (nSPS) is 12.8. The van der Waals surface area contributed by atoms with Crippen LogP contribution in [0.15, 0.2) is 309 Å². The van der Waals surface area contributed by atoms with E-state index >= 15 is 0 Å². The molecule has 412 valence electrons. The van der Waals surface area contributed by atoms with Gasteiger partial charge in [0.1, 0.15) is 0 Å². The molecule has 17 aromatic rings. The number of rotatable bonds is 8. The van der Waals surface area contributed by atoms with Gasteiger partial charge in [-0.1, -0.05) is 226 Å². The quantitative estimate of drug-likeness (QED) is 0.138. The molecule has 2 heterocycles. The molecule has 0 amide bonds. The van der Waals surface area contributed by atoms with E-state index in [0.29, 0.717) is 0 Å². The minimum absolute atomic E-state index is 0.402. The molecule has 0 radical (unpaired) electrons. The van der Waals surface area contributed by atoms with Crippen LogP contribution in [0.3, 0.4) is 0 Å². The summed E-state index contributed by atoms with van der Waals surface area (Å²) in [5, 5.41) is 15.1. The van der Waals surface area contributed by atoms with E-state index in [1.54, 1.807) is 0 Å². The van der Waals surface area contributed by atoms with E-state index in [1.165, 1.54) is 131 Å². The monoisotopic (exact) mass is 1120 g/mol. The molecule has 0 saturated heterocycles. The minimum Gasteiger partial charge on any atom is -0.310 e. The Kier molecular flexibility index (Phi) is 11.0. The molecule has 18 rings (SSSR count). The zero-order valence-electron chi connectivity index (χ0n) is 48.8. The Hall–Kier alpha value is -11.3. The number of hydrogen-bond donors (Lipinski definition) is 0. The number of nitrogens with zero attached hydrogens (tertiary/aromatic N) is 3. The summed E-state index contributed by atoms with van der Waals surface area (Å²) in [5.74, 6) is 0. The molecule has 0 bridgehead atoms. The summed E-state index contributed by atoms with van der Waals surface area (Å²) in [6, 6.07) is 115. The molecule has 0 unspecified atom stereocenters. The van der Waals surface area contributed by atoms with Gasteiger partial charge < -0.3 is 14.0 Å². The van der Waals surface area contributed by atoms with Crippen molar-refractivity contribution in [3.05, 3.63) is 321 Å². The molecule has 0 saturated carbocycles. The van der Waals surface area contributed by atoms with Crippen molar-refractivity contribution in [2.24, 2.45) is 0 Å². The molecule has 1 aliphatic carbocycles. The van der Waals surface area contributed by atoms with Gasteiger partial charge in [0.05, 0.1) is 27.8 Å². The number of benzene rings is 15. The third kappa shape index (κ3) is 7.50. The lowest BCUT2D eigenvalue weighted by Crippen LogP contribution is -2.16. The second-order valence-corrected chi connectivity index (χ2v) is 24.3. The smallest absolute Gasteiger partial charge is 0.0544 e. The number of para-hydroxylation sites is 2. The predicted octanol–water partition coefficient (Wildman–Crippen LogP) is 23.3. The summed E-state index contributed by atoms with van der Waals surface area (Å²) in [4.78, 5) is 2.49. The molecule has 3 nitrogen and oxygen atoms in total. The van der Waals surface area contributed by atoms with Crippen LogP contribution in [0.4, 0.5) is 17.1 Å². The predicted molar refractivity (Wildman–Crippen MR) is 374 cm³/mol. The van der Waals surface area contributed by atoms with Gasteiger partial charge in [-0.15, -0.1) is 0 Å². The van der Waals surface area contributed by atoms with Gasteiger partial charge in [0, 0.05) is 55.1 Å². The zero-order valence-corrected chi connectivity index (χ0v) is 48.8. The van der Waals surface area contributed by atoms with Crippen molar-refractivity contribution >= 4 is 104 Å². The van der Waals surface area contributed by atoms with Crippen molar-refractivity contribution in [3.63, 3.8) is 0 Å². The first-order valence-electron chi connectivity index (χ1n) is 30.6. The number of fused-ring (bicyclic) bond motifs is 18. The highest BCUT2D eigenvalue weighted by Crippen LogP contribution is 2.57. The number of aromatic nitrogens is 2. The highest BCUT2D eigenvalue weighted by Gasteiger charge is 2.40. The minimum atomic E-state index is -0.402. The fourth-order valence-electron chi connectivity index (χ4n) is 15.4. The molecular formula is C85H57N3. The Morgan fingerprint density at radius 1 is 0.261 bits per heavy atom. The van der Waals surface area contributed by atoms with Crippen molar-refractivity contribution in [2.45, 2.75) is 19.3 Å². The van der Waals surface area contributed by atoms with E-state index in [2.05, 4.69) is 337 Å². The first-order chi connectivity index (χ1) is 43.4. The largest absolute Gasteiger partial charge is 0.310 e. The molecule has 2 aromatic heterocycles. The first-order valence-corrected chi connectivity index (χ1v) is 30.6. The zero-order chi connectivity index (χ0) is 58.2. The third-order valence-corrected chi connectivity index (χ3v) is 19.2. The SMILES string of the molecule is CC1(C)c2c(ccc3c4ccccc4c4ccccc4c23)-c2ccc3c(c21)c1cc(N(c2ccc(-c4cc(-c5ccccc5)cc(-c5ccccc5)c4)cc2)c2cccc4ccccc24)ccc1n3-c1ccc2c(c1)c1ccccc1n2-c1ccccc1. The van der Waals surface area contributed by atoms with Crippen LogP contribution in [0.1, 0.15) is 25.0 Å². The summed E-state index contributed by atoms with van der Waals surface area (Å²) in [6.45, 7) is 4.97. The molecule has 88 heavy (non-hydrogen) atoms. The van der Waals surface area contributed by atoms with Gasteiger partial charge in [-0.2, -0.15) is 0 Å². The van der Waals surface area contributed by atoms with E-state index in [0.717, 1.165) is 39.5 Å². The van der Waals surface area contributed by atoms with Gasteiger partial charge in [0.2, 0.25) is 0 Å². The molecule has 0 atom stereocenters. The van der Waals surface area contributed by atoms with Gasteiger partial charge >= 0.3 is 0 Å². The summed E-state index contributed by atoms with van der Waals surface area (Å²) in [6.07, 6.45) is 0. The van der Waals surface area contributed by atoms with Crippen molar-refractivity contribution < 1.29 is 0 Å². The van der Waals surface area contributed by atoms with Crippen LogP contribution in [-0.2, 0) is 5.41 Å². The molecule has 15 aromatic carbocycles. The fraction of sp³-hybridized carbons (Fsp3) is 0.0353. The third-order valence-electron chi connectivity index (χ3n) is 19.2. The fourth-order valence-corrected chi connectivity index (χ4v) is 15.4. The summed E-state index contributed by atoms with van der Waals surface area (Å²) in [5.41, 5.74) is 22.3. The molecule has 0 N–H and O–H groups in total. The van der Waals surface area contributed by atoms with Crippen molar-refractivity contribution in [2.75, 3.05) is 4.90 Å². The molecule has 1 aliphatic rings. The molecule has 0 fully saturated rings. The van der Waals surface area contributed by atoms with E-state index in [-0.39, 0.29) is 0 Å². The average Bonchev–Trinajstić information content (AvgIpc) is 1.58. The molecular weight excluding hydrogens is 1060 g/mol. The Morgan fingerprint density at radius 2 is 0.727 bits per heavy atom. The Morgan fingerprint density at radius 3 is 1.41 bits per heavy atom. The summed E-state index contributed by atoms with van der Waals surface area (Å²) < 4.78 is 4.96. The summed E-state index contributed by atoms with van der Waals surface area (Å²) >= 11 is 0. The first kappa shape index (κ1) is 50.1. The maximum absolute atomic E-state index is 2.55. The number of anilines is 3. The number of hydrogen-bond acceptors (Lipinski definition) is 1. The highest BCUT2D eigenvalue weighted by molar-refractivity contribution is 6.28. The van der Waals surface area contributed by atoms with E-state index < -0.39 is 5.41 Å². The van der Waals surface area contributed by atoms with Crippen LogP contribution in [0.5, 0.6) is 0 Å². The second-order valence-electron chi connectivity index (χ2n) is 24.3. The van der Waals surface area contributed by atoms with Crippen LogP contribution in [0, 0.1) is 0 Å². The van der Waals surface area contributed by atoms with E-state index in [9.17, 15) is 0 Å². The van der Waals surface area contributed by atoms with Gasteiger partial charge in [-0.3, -0.25) is 0 Å². The second kappa shape index (κ2) is 19.4. The van der Waals surface area contributed by atoms with Crippen LogP contribution in [0.2, 0.25) is 0 Å². The van der Waals surface area contributed by atoms with Gasteiger partial charge in [0.15, 0.2) is 0 Å².